The number of rotatable bonds is 6. The van der Waals surface area contributed by atoms with Gasteiger partial charge < -0.3 is 20.6 Å². The molecule has 3 N–H and O–H groups in total. The van der Waals surface area contributed by atoms with Crippen LogP contribution < -0.4 is 10.6 Å². The maximum absolute atomic E-state index is 11.8. The lowest BCUT2D eigenvalue weighted by atomic mass is 9.97. The Bertz CT molecular complexity index is 378. The van der Waals surface area contributed by atoms with Crippen molar-refractivity contribution in [1.29, 1.82) is 0 Å². The van der Waals surface area contributed by atoms with Crippen LogP contribution in [0.15, 0.2) is 0 Å². The van der Waals surface area contributed by atoms with Crippen molar-refractivity contribution in [3.63, 3.8) is 0 Å². The summed E-state index contributed by atoms with van der Waals surface area (Å²) in [6.07, 6.45) is 0.0776. The first-order valence-electron chi connectivity index (χ1n) is 6.84. The number of carboxylic acid groups (broad SMARTS) is 1. The molecule has 7 nitrogen and oxygen atoms in total. The van der Waals surface area contributed by atoms with Crippen molar-refractivity contribution in [2.45, 2.75) is 33.2 Å². The highest BCUT2D eigenvalue weighted by atomic mass is 16.4. The minimum Gasteiger partial charge on any atom is -0.481 e. The van der Waals surface area contributed by atoms with Gasteiger partial charge in [0.25, 0.3) is 0 Å². The third-order valence-electron chi connectivity index (χ3n) is 3.13. The second kappa shape index (κ2) is 7.12. The molecule has 0 bridgehead atoms. The van der Waals surface area contributed by atoms with Gasteiger partial charge in [-0.25, -0.2) is 4.79 Å². The highest BCUT2D eigenvalue weighted by molar-refractivity contribution is 5.87. The van der Waals surface area contributed by atoms with Gasteiger partial charge in [-0.3, -0.25) is 9.59 Å². The Balaban J connectivity index is 2.26. The fourth-order valence-electron chi connectivity index (χ4n) is 1.91. The first kappa shape index (κ1) is 16.3. The van der Waals surface area contributed by atoms with Crippen LogP contribution in [0.1, 0.15) is 27.2 Å². The monoisotopic (exact) mass is 285 g/mol. The van der Waals surface area contributed by atoms with Gasteiger partial charge in [0, 0.05) is 25.6 Å². The van der Waals surface area contributed by atoms with Crippen molar-refractivity contribution in [2.75, 3.05) is 19.6 Å². The molecule has 0 aromatic carbocycles. The zero-order chi connectivity index (χ0) is 15.3. The fraction of sp³-hybridized carbons (Fsp3) is 0.769. The molecule has 1 saturated heterocycles. The Morgan fingerprint density at radius 1 is 1.25 bits per heavy atom. The first-order valence-corrected chi connectivity index (χ1v) is 6.84. The molecule has 0 radical (unpaired) electrons. The number of amides is 3. The van der Waals surface area contributed by atoms with Gasteiger partial charge in [-0.1, -0.05) is 13.8 Å². The summed E-state index contributed by atoms with van der Waals surface area (Å²) in [7, 11) is 0. The van der Waals surface area contributed by atoms with Crippen LogP contribution in [0.25, 0.3) is 0 Å². The van der Waals surface area contributed by atoms with Crippen LogP contribution in [-0.2, 0) is 9.59 Å². The topological polar surface area (TPSA) is 98.7 Å². The molecule has 3 amide bonds. The Morgan fingerprint density at radius 3 is 2.35 bits per heavy atom. The molecule has 1 atom stereocenters. The number of hydrogen-bond acceptors (Lipinski definition) is 3. The smallest absolute Gasteiger partial charge is 0.318 e. The third-order valence-corrected chi connectivity index (χ3v) is 3.13. The number of urea groups is 1. The quantitative estimate of drug-likeness (QED) is 0.652. The van der Waals surface area contributed by atoms with E-state index >= 15 is 0 Å². The van der Waals surface area contributed by atoms with E-state index in [0.29, 0.717) is 25.6 Å². The molecule has 114 valence electrons. The van der Waals surface area contributed by atoms with Crippen LogP contribution in [0.3, 0.4) is 0 Å². The van der Waals surface area contributed by atoms with E-state index in [1.807, 2.05) is 13.8 Å². The third kappa shape index (κ3) is 5.07. The first-order chi connectivity index (χ1) is 9.29. The van der Waals surface area contributed by atoms with Gasteiger partial charge in [-0.05, 0) is 12.8 Å². The minimum absolute atomic E-state index is 0.0170. The molecular formula is C13H23N3O4. The maximum Gasteiger partial charge on any atom is 0.318 e. The van der Waals surface area contributed by atoms with Gasteiger partial charge in [0.2, 0.25) is 5.91 Å². The van der Waals surface area contributed by atoms with Crippen LogP contribution in [-0.4, -0.2) is 53.6 Å². The van der Waals surface area contributed by atoms with E-state index in [2.05, 4.69) is 10.6 Å². The lowest BCUT2D eigenvalue weighted by Gasteiger charge is -2.38. The number of nitrogens with zero attached hydrogens (tertiary/aromatic N) is 1. The molecule has 0 saturated carbocycles. The molecule has 1 unspecified atom stereocenters. The highest BCUT2D eigenvalue weighted by Crippen LogP contribution is 2.18. The molecular weight excluding hydrogens is 262 g/mol. The van der Waals surface area contributed by atoms with Crippen molar-refractivity contribution in [3.8, 4) is 0 Å². The molecule has 1 rings (SSSR count). The average Bonchev–Trinajstić information content (AvgIpc) is 2.29. The Kier molecular flexibility index (Phi) is 5.79. The zero-order valence-electron chi connectivity index (χ0n) is 12.2. The summed E-state index contributed by atoms with van der Waals surface area (Å²) in [5, 5.41) is 14.0. The lowest BCUT2D eigenvalue weighted by Crippen LogP contribution is -2.57. The largest absolute Gasteiger partial charge is 0.481 e. The summed E-state index contributed by atoms with van der Waals surface area (Å²) >= 11 is 0. The molecule has 1 aliphatic heterocycles. The summed E-state index contributed by atoms with van der Waals surface area (Å²) in [6.45, 7) is 7.04. The molecule has 0 aromatic heterocycles. The van der Waals surface area contributed by atoms with Gasteiger partial charge in [0.15, 0.2) is 0 Å². The summed E-state index contributed by atoms with van der Waals surface area (Å²) in [5.41, 5.74) is 0. The van der Waals surface area contributed by atoms with Crippen LogP contribution in [0, 0.1) is 11.8 Å². The van der Waals surface area contributed by atoms with Gasteiger partial charge in [0.05, 0.1) is 6.42 Å². The normalized spacial score (nSPS) is 16.5. The predicted molar refractivity (Wildman–Crippen MR) is 73.2 cm³/mol. The van der Waals surface area contributed by atoms with E-state index in [0.717, 1.165) is 0 Å². The number of aliphatic carboxylic acids is 1. The summed E-state index contributed by atoms with van der Waals surface area (Å²) in [4.78, 5) is 35.5. The van der Waals surface area contributed by atoms with Crippen molar-refractivity contribution in [2.24, 2.45) is 11.8 Å². The summed E-state index contributed by atoms with van der Waals surface area (Å²) in [5.74, 6) is -0.691. The predicted octanol–water partition coefficient (Wildman–Crippen LogP) is 0.263. The van der Waals surface area contributed by atoms with Crippen LogP contribution in [0.2, 0.25) is 0 Å². The van der Waals surface area contributed by atoms with Crippen LogP contribution in [0.4, 0.5) is 4.79 Å². The van der Waals surface area contributed by atoms with Gasteiger partial charge in [-0.15, -0.1) is 0 Å². The van der Waals surface area contributed by atoms with Gasteiger partial charge in [-0.2, -0.15) is 0 Å². The summed E-state index contributed by atoms with van der Waals surface area (Å²) in [6, 6.07) is -0.918. The van der Waals surface area contributed by atoms with E-state index in [-0.39, 0.29) is 24.3 Å². The van der Waals surface area contributed by atoms with E-state index in [1.54, 1.807) is 6.92 Å². The van der Waals surface area contributed by atoms with Gasteiger partial charge in [0.1, 0.15) is 6.04 Å². The summed E-state index contributed by atoms with van der Waals surface area (Å²) < 4.78 is 0. The number of carbonyl (C=O) groups excluding carboxylic acids is 2. The Hall–Kier alpha value is -1.79. The average molecular weight is 285 g/mol. The molecule has 0 aliphatic carbocycles. The van der Waals surface area contributed by atoms with Gasteiger partial charge >= 0.3 is 12.0 Å². The molecule has 20 heavy (non-hydrogen) atoms. The zero-order valence-corrected chi connectivity index (χ0v) is 12.2. The fourth-order valence-corrected chi connectivity index (χ4v) is 1.91. The molecule has 0 aromatic rings. The minimum atomic E-state index is -0.850. The lowest BCUT2D eigenvalue weighted by molar-refractivity contribution is -0.139. The number of likely N-dealkylation sites (tertiary alicyclic amines) is 1. The van der Waals surface area contributed by atoms with Crippen molar-refractivity contribution >= 4 is 17.9 Å². The second-order valence-electron chi connectivity index (χ2n) is 5.68. The Morgan fingerprint density at radius 2 is 1.85 bits per heavy atom. The number of nitrogens with one attached hydrogen (secondary N) is 2. The molecule has 7 heteroatoms. The van der Waals surface area contributed by atoms with E-state index < -0.39 is 12.0 Å². The van der Waals surface area contributed by atoms with Crippen molar-refractivity contribution in [1.82, 2.24) is 15.5 Å². The van der Waals surface area contributed by atoms with E-state index in [9.17, 15) is 14.4 Å². The van der Waals surface area contributed by atoms with E-state index in [1.165, 1.54) is 4.90 Å². The standard InChI is InChI=1S/C13H23N3O4/c1-8(2)5-14-12(19)9(3)15-13(20)16-6-10(7-16)4-11(17)18/h8-10H,4-7H2,1-3H3,(H,14,19)(H,15,20)(H,17,18). The number of carboxylic acids is 1. The van der Waals surface area contributed by atoms with E-state index in [4.69, 9.17) is 5.11 Å². The van der Waals surface area contributed by atoms with Crippen LogP contribution in [0.5, 0.6) is 0 Å². The maximum atomic E-state index is 11.8. The Labute approximate surface area is 118 Å². The number of carbonyl (C=O) groups is 3. The molecule has 1 aliphatic rings. The van der Waals surface area contributed by atoms with Crippen LogP contribution >= 0.6 is 0 Å². The second-order valence-corrected chi connectivity index (χ2v) is 5.68. The SMILES string of the molecule is CC(C)CNC(=O)C(C)NC(=O)N1CC(CC(=O)O)C1. The molecule has 1 heterocycles. The molecule has 0 spiro atoms. The van der Waals surface area contributed by atoms with Crippen molar-refractivity contribution < 1.29 is 19.5 Å². The van der Waals surface area contributed by atoms with Crippen molar-refractivity contribution in [3.05, 3.63) is 0 Å². The molecule has 1 fully saturated rings. The highest BCUT2D eigenvalue weighted by Gasteiger charge is 2.33. The number of hydrogen-bond donors (Lipinski definition) is 3.